The maximum Gasteiger partial charge on any atom is 0.210 e. The number of aliphatic imine (C=N–C) groups is 1. The van der Waals surface area contributed by atoms with E-state index in [0.29, 0.717) is 12.0 Å². The molecule has 0 bridgehead atoms. The fourth-order valence-corrected chi connectivity index (χ4v) is 2.57. The van der Waals surface area contributed by atoms with Gasteiger partial charge in [-0.05, 0) is 40.9 Å². The molecule has 0 aliphatic heterocycles. The fraction of sp³-hybridized carbons (Fsp3) is 0.462. The van der Waals surface area contributed by atoms with Gasteiger partial charge < -0.3 is 5.32 Å². The van der Waals surface area contributed by atoms with Crippen LogP contribution in [0, 0.1) is 0 Å². The number of hydrogen-bond acceptors (Lipinski definition) is 2. The number of anilines is 1. The largest absolute Gasteiger partial charge is 0.324 e. The van der Waals surface area contributed by atoms with Crippen LogP contribution in [0.3, 0.4) is 0 Å². The molecule has 1 aromatic rings. The average Bonchev–Trinajstić information content (AvgIpc) is 2.41. The molecule has 0 heterocycles. The number of hydrogen-bond donors (Lipinski definition) is 3. The fourth-order valence-electron chi connectivity index (χ4n) is 2.19. The van der Waals surface area contributed by atoms with Crippen LogP contribution in [0.25, 0.3) is 0 Å². The Hall–Kier alpha value is -1.07. The molecule has 4 N–H and O–H groups in total. The first-order valence-electron chi connectivity index (χ1n) is 6.35. The van der Waals surface area contributed by atoms with Crippen LogP contribution < -0.4 is 16.6 Å². The molecule has 0 spiro atoms. The van der Waals surface area contributed by atoms with Gasteiger partial charge in [0.25, 0.3) is 0 Å². The van der Waals surface area contributed by atoms with E-state index in [4.69, 9.17) is 5.84 Å². The lowest BCUT2D eigenvalue weighted by Crippen LogP contribution is -2.37. The van der Waals surface area contributed by atoms with Crippen molar-refractivity contribution in [2.24, 2.45) is 10.8 Å². The Morgan fingerprint density at radius 2 is 1.94 bits per heavy atom. The van der Waals surface area contributed by atoms with Gasteiger partial charge in [0.2, 0.25) is 5.96 Å². The van der Waals surface area contributed by atoms with Crippen molar-refractivity contribution < 1.29 is 0 Å². The van der Waals surface area contributed by atoms with Crippen molar-refractivity contribution in [1.29, 1.82) is 0 Å². The third-order valence-electron chi connectivity index (χ3n) is 3.15. The summed E-state index contributed by atoms with van der Waals surface area (Å²) in [5.74, 6) is 6.16. The van der Waals surface area contributed by atoms with E-state index in [1.54, 1.807) is 0 Å². The number of nitrogens with zero attached hydrogens (tertiary/aromatic N) is 1. The Balaban J connectivity index is 2.04. The van der Waals surface area contributed by atoms with Gasteiger partial charge in [-0.25, -0.2) is 10.8 Å². The molecule has 4 nitrogen and oxygen atoms in total. The molecule has 0 saturated heterocycles. The van der Waals surface area contributed by atoms with Crippen LogP contribution in [-0.4, -0.2) is 12.0 Å². The molecule has 0 aromatic heterocycles. The Kier molecular flexibility index (Phi) is 5.01. The predicted octanol–water partition coefficient (Wildman–Crippen LogP) is 3.01. The lowest BCUT2D eigenvalue weighted by molar-refractivity contribution is 0.442. The molecule has 5 heteroatoms. The van der Waals surface area contributed by atoms with E-state index in [-0.39, 0.29) is 0 Å². The van der Waals surface area contributed by atoms with Gasteiger partial charge in [-0.2, -0.15) is 0 Å². The molecular weight excluding hydrogens is 292 g/mol. The maximum atomic E-state index is 5.53. The molecule has 1 fully saturated rings. The molecule has 0 radical (unpaired) electrons. The summed E-state index contributed by atoms with van der Waals surface area (Å²) in [6, 6.07) is 8.31. The smallest absolute Gasteiger partial charge is 0.210 e. The minimum atomic E-state index is 0.389. The number of guanidine groups is 1. The summed E-state index contributed by atoms with van der Waals surface area (Å²) >= 11 is 3.49. The Morgan fingerprint density at radius 1 is 1.22 bits per heavy atom. The topological polar surface area (TPSA) is 62.4 Å². The van der Waals surface area contributed by atoms with Crippen LogP contribution in [0.1, 0.15) is 32.1 Å². The molecule has 18 heavy (non-hydrogen) atoms. The number of benzene rings is 1. The summed E-state index contributed by atoms with van der Waals surface area (Å²) in [5.41, 5.74) is 3.61. The van der Waals surface area contributed by atoms with Crippen molar-refractivity contribution in [3.05, 3.63) is 28.7 Å². The quantitative estimate of drug-likeness (QED) is 0.340. The van der Waals surface area contributed by atoms with Crippen LogP contribution >= 0.6 is 15.9 Å². The zero-order valence-corrected chi connectivity index (χ0v) is 11.9. The molecule has 1 aliphatic carbocycles. The Bertz CT molecular complexity index is 413. The second kappa shape index (κ2) is 6.75. The Morgan fingerprint density at radius 3 is 2.61 bits per heavy atom. The van der Waals surface area contributed by atoms with E-state index < -0.39 is 0 Å². The minimum absolute atomic E-state index is 0.389. The lowest BCUT2D eigenvalue weighted by Gasteiger charge is -2.19. The van der Waals surface area contributed by atoms with Gasteiger partial charge >= 0.3 is 0 Å². The zero-order chi connectivity index (χ0) is 12.8. The van der Waals surface area contributed by atoms with Crippen LogP contribution in [0.2, 0.25) is 0 Å². The Labute approximate surface area is 116 Å². The summed E-state index contributed by atoms with van der Waals surface area (Å²) in [6.45, 7) is 0. The lowest BCUT2D eigenvalue weighted by atomic mass is 9.96. The number of nitrogens with one attached hydrogen (secondary N) is 2. The summed E-state index contributed by atoms with van der Waals surface area (Å²) in [4.78, 5) is 4.64. The molecule has 1 aliphatic rings. The number of nitrogens with two attached hydrogens (primary N) is 1. The summed E-state index contributed by atoms with van der Waals surface area (Å²) in [5, 5.41) is 3.21. The zero-order valence-electron chi connectivity index (χ0n) is 10.3. The number of hydrazine groups is 1. The highest BCUT2D eigenvalue weighted by Crippen LogP contribution is 2.22. The summed E-state index contributed by atoms with van der Waals surface area (Å²) < 4.78 is 0.997. The number of rotatable bonds is 2. The third kappa shape index (κ3) is 3.71. The highest BCUT2D eigenvalue weighted by Gasteiger charge is 2.13. The SMILES string of the molecule is NNC(=NC1CCCCC1)Nc1ccccc1Br. The third-order valence-corrected chi connectivity index (χ3v) is 3.84. The van der Waals surface area contributed by atoms with E-state index in [2.05, 4.69) is 31.7 Å². The highest BCUT2D eigenvalue weighted by atomic mass is 79.9. The van der Waals surface area contributed by atoms with Gasteiger partial charge in [-0.15, -0.1) is 0 Å². The van der Waals surface area contributed by atoms with E-state index >= 15 is 0 Å². The van der Waals surface area contributed by atoms with Crippen molar-refractivity contribution in [1.82, 2.24) is 5.43 Å². The van der Waals surface area contributed by atoms with Gasteiger partial charge in [0.15, 0.2) is 0 Å². The maximum absolute atomic E-state index is 5.53. The molecule has 0 atom stereocenters. The van der Waals surface area contributed by atoms with Crippen molar-refractivity contribution in [3.63, 3.8) is 0 Å². The van der Waals surface area contributed by atoms with E-state index in [1.165, 1.54) is 19.3 Å². The summed E-state index contributed by atoms with van der Waals surface area (Å²) in [6.07, 6.45) is 6.17. The monoisotopic (exact) mass is 310 g/mol. The van der Waals surface area contributed by atoms with Gasteiger partial charge in [0.05, 0.1) is 11.7 Å². The van der Waals surface area contributed by atoms with Gasteiger partial charge in [0, 0.05) is 4.47 Å². The second-order valence-electron chi connectivity index (χ2n) is 4.52. The average molecular weight is 311 g/mol. The van der Waals surface area contributed by atoms with Crippen molar-refractivity contribution in [2.75, 3.05) is 5.32 Å². The molecule has 1 saturated carbocycles. The van der Waals surface area contributed by atoms with Gasteiger partial charge in [-0.3, -0.25) is 5.43 Å². The minimum Gasteiger partial charge on any atom is -0.324 e. The summed E-state index contributed by atoms with van der Waals surface area (Å²) in [7, 11) is 0. The van der Waals surface area contributed by atoms with Crippen LogP contribution in [-0.2, 0) is 0 Å². The normalized spacial score (nSPS) is 17.6. The molecule has 98 valence electrons. The van der Waals surface area contributed by atoms with Crippen molar-refractivity contribution in [2.45, 2.75) is 38.1 Å². The van der Waals surface area contributed by atoms with Crippen molar-refractivity contribution >= 4 is 27.6 Å². The van der Waals surface area contributed by atoms with Gasteiger partial charge in [0.1, 0.15) is 0 Å². The first kappa shape index (κ1) is 13.4. The van der Waals surface area contributed by atoms with Crippen molar-refractivity contribution in [3.8, 4) is 0 Å². The predicted molar refractivity (Wildman–Crippen MR) is 79.4 cm³/mol. The standard InChI is InChI=1S/C13H19BrN4/c14-11-8-4-5-9-12(11)17-13(18-15)16-10-6-2-1-3-7-10/h4-5,8-10H,1-3,6-7,15H2,(H2,16,17,18). The molecule has 1 aromatic carbocycles. The van der Waals surface area contributed by atoms with E-state index in [9.17, 15) is 0 Å². The van der Waals surface area contributed by atoms with Crippen LogP contribution in [0.4, 0.5) is 5.69 Å². The second-order valence-corrected chi connectivity index (χ2v) is 5.37. The number of halogens is 1. The first-order chi connectivity index (χ1) is 8.79. The molecule has 0 unspecified atom stereocenters. The molecular formula is C13H19BrN4. The van der Waals surface area contributed by atoms with Crippen LogP contribution in [0.5, 0.6) is 0 Å². The van der Waals surface area contributed by atoms with E-state index in [1.807, 2.05) is 24.3 Å². The van der Waals surface area contributed by atoms with Crippen LogP contribution in [0.15, 0.2) is 33.7 Å². The number of para-hydroxylation sites is 1. The molecule has 2 rings (SSSR count). The van der Waals surface area contributed by atoms with Gasteiger partial charge in [-0.1, -0.05) is 31.4 Å². The molecule has 0 amide bonds. The first-order valence-corrected chi connectivity index (χ1v) is 7.15. The van der Waals surface area contributed by atoms with E-state index in [0.717, 1.165) is 23.0 Å². The highest BCUT2D eigenvalue weighted by molar-refractivity contribution is 9.10.